The van der Waals surface area contributed by atoms with Gasteiger partial charge in [-0.25, -0.2) is 9.37 Å². The molecule has 2 aliphatic rings. The first-order chi connectivity index (χ1) is 11.8. The third-order valence-electron chi connectivity index (χ3n) is 5.46. The van der Waals surface area contributed by atoms with Crippen LogP contribution < -0.4 is 5.32 Å². The van der Waals surface area contributed by atoms with Crippen molar-refractivity contribution >= 4 is 0 Å². The molecule has 4 rings (SSSR count). The highest BCUT2D eigenvalue weighted by Gasteiger charge is 2.39. The summed E-state index contributed by atoms with van der Waals surface area (Å²) in [5, 5.41) is 3.58. The molecule has 2 fully saturated rings. The van der Waals surface area contributed by atoms with E-state index in [0.29, 0.717) is 5.89 Å². The zero-order valence-electron chi connectivity index (χ0n) is 13.9. The Labute approximate surface area is 142 Å². The van der Waals surface area contributed by atoms with Crippen molar-refractivity contribution in [1.29, 1.82) is 0 Å². The van der Waals surface area contributed by atoms with Gasteiger partial charge in [0.2, 0.25) is 5.89 Å². The maximum Gasteiger partial charge on any atom is 0.226 e. The van der Waals surface area contributed by atoms with E-state index < -0.39 is 0 Å². The number of aromatic nitrogens is 1. The van der Waals surface area contributed by atoms with Crippen LogP contribution in [0, 0.1) is 5.82 Å². The van der Waals surface area contributed by atoms with E-state index in [2.05, 4.69) is 15.2 Å². The molecule has 1 aliphatic heterocycles. The number of piperazine rings is 1. The lowest BCUT2D eigenvalue weighted by Crippen LogP contribution is -2.61. The number of hydrogen-bond donors (Lipinski definition) is 1. The molecule has 0 radical (unpaired) electrons. The fourth-order valence-corrected chi connectivity index (χ4v) is 4.13. The first-order valence-electron chi connectivity index (χ1n) is 8.91. The Balaban J connectivity index is 1.51. The summed E-state index contributed by atoms with van der Waals surface area (Å²) in [5.41, 5.74) is 2.06. The summed E-state index contributed by atoms with van der Waals surface area (Å²) in [6.07, 6.45) is 8.27. The van der Waals surface area contributed by atoms with Gasteiger partial charge in [-0.3, -0.25) is 4.90 Å². The van der Waals surface area contributed by atoms with Crippen LogP contribution in [0.15, 0.2) is 34.9 Å². The van der Waals surface area contributed by atoms with E-state index in [-0.39, 0.29) is 11.4 Å². The molecular weight excluding hydrogens is 305 g/mol. The molecule has 2 aromatic rings. The molecule has 24 heavy (non-hydrogen) atoms. The molecule has 1 spiro atoms. The minimum Gasteiger partial charge on any atom is -0.444 e. The van der Waals surface area contributed by atoms with Gasteiger partial charge < -0.3 is 9.73 Å². The minimum absolute atomic E-state index is 0.245. The molecule has 1 aliphatic carbocycles. The molecule has 1 saturated heterocycles. The highest BCUT2D eigenvalue weighted by Crippen LogP contribution is 2.35. The summed E-state index contributed by atoms with van der Waals surface area (Å²) in [5.74, 6) is 0.323. The maximum atomic E-state index is 13.1. The highest BCUT2D eigenvalue weighted by atomic mass is 19.1. The lowest BCUT2D eigenvalue weighted by molar-refractivity contribution is 0.0199. The van der Waals surface area contributed by atoms with Crippen molar-refractivity contribution in [3.05, 3.63) is 42.0 Å². The molecule has 2 heterocycles. The van der Waals surface area contributed by atoms with Crippen LogP contribution in [0.3, 0.4) is 0 Å². The van der Waals surface area contributed by atoms with Crippen LogP contribution in [0.2, 0.25) is 0 Å². The first-order valence-corrected chi connectivity index (χ1v) is 8.91. The van der Waals surface area contributed by atoms with Crippen molar-refractivity contribution in [2.24, 2.45) is 0 Å². The Morgan fingerprint density at radius 2 is 1.96 bits per heavy atom. The zero-order valence-corrected chi connectivity index (χ0v) is 13.9. The van der Waals surface area contributed by atoms with Crippen molar-refractivity contribution in [2.75, 3.05) is 19.6 Å². The Morgan fingerprint density at radius 1 is 1.17 bits per heavy atom. The summed E-state index contributed by atoms with van der Waals surface area (Å²) in [6.45, 7) is 3.99. The lowest BCUT2D eigenvalue weighted by Gasteiger charge is -2.49. The van der Waals surface area contributed by atoms with Crippen molar-refractivity contribution in [1.82, 2.24) is 15.2 Å². The molecule has 1 aromatic carbocycles. The van der Waals surface area contributed by atoms with Crippen molar-refractivity contribution in [2.45, 2.75) is 44.2 Å². The number of benzene rings is 1. The summed E-state index contributed by atoms with van der Waals surface area (Å²) >= 11 is 0. The molecule has 128 valence electrons. The average molecular weight is 329 g/mol. The molecule has 1 N–H and O–H groups in total. The number of rotatable bonds is 3. The van der Waals surface area contributed by atoms with Gasteiger partial charge in [-0.1, -0.05) is 19.3 Å². The van der Waals surface area contributed by atoms with Crippen molar-refractivity contribution in [3.8, 4) is 11.5 Å². The van der Waals surface area contributed by atoms with Crippen LogP contribution in [-0.2, 0) is 6.54 Å². The third kappa shape index (κ3) is 3.10. The van der Waals surface area contributed by atoms with Gasteiger partial charge in [0.15, 0.2) is 0 Å². The SMILES string of the molecule is Fc1ccc(-c2nc(CN3CCNCC34CCCCC4)co2)cc1. The summed E-state index contributed by atoms with van der Waals surface area (Å²) < 4.78 is 18.7. The zero-order chi connectivity index (χ0) is 16.4. The molecule has 1 saturated carbocycles. The summed E-state index contributed by atoms with van der Waals surface area (Å²) in [4.78, 5) is 7.22. The molecule has 0 unspecified atom stereocenters. The number of oxazole rings is 1. The van der Waals surface area contributed by atoms with Crippen LogP contribution in [0.4, 0.5) is 4.39 Å². The van der Waals surface area contributed by atoms with E-state index in [0.717, 1.165) is 37.4 Å². The molecule has 4 nitrogen and oxygen atoms in total. The predicted octanol–water partition coefficient (Wildman–Crippen LogP) is 3.59. The Kier molecular flexibility index (Phi) is 4.37. The molecule has 0 atom stereocenters. The second kappa shape index (κ2) is 6.65. The normalized spacial score (nSPS) is 21.2. The van der Waals surface area contributed by atoms with Gasteiger partial charge >= 0.3 is 0 Å². The van der Waals surface area contributed by atoms with Crippen molar-refractivity contribution in [3.63, 3.8) is 0 Å². The van der Waals surface area contributed by atoms with Crippen LogP contribution >= 0.6 is 0 Å². The molecule has 5 heteroatoms. The molecule has 1 aromatic heterocycles. The number of nitrogens with one attached hydrogen (secondary N) is 1. The standard InChI is InChI=1S/C19H24FN3O/c20-16-6-4-15(5-7-16)18-22-17(13-24-18)12-23-11-10-21-14-19(23)8-2-1-3-9-19/h4-7,13,21H,1-3,8-12,14H2. The maximum absolute atomic E-state index is 13.1. The van der Waals surface area contributed by atoms with Crippen LogP contribution in [-0.4, -0.2) is 35.1 Å². The number of halogens is 1. The van der Waals surface area contributed by atoms with Gasteiger partial charge in [0.05, 0.1) is 5.69 Å². The van der Waals surface area contributed by atoms with Gasteiger partial charge in [-0.2, -0.15) is 0 Å². The van der Waals surface area contributed by atoms with Gasteiger partial charge in [0, 0.05) is 37.3 Å². The highest BCUT2D eigenvalue weighted by molar-refractivity contribution is 5.52. The minimum atomic E-state index is -0.245. The summed E-state index contributed by atoms with van der Waals surface area (Å²) in [7, 11) is 0. The van der Waals surface area contributed by atoms with Crippen molar-refractivity contribution < 1.29 is 8.81 Å². The van der Waals surface area contributed by atoms with Crippen LogP contribution in [0.5, 0.6) is 0 Å². The van der Waals surface area contributed by atoms with E-state index in [1.165, 1.54) is 44.2 Å². The Bertz CT molecular complexity index is 668. The van der Waals surface area contributed by atoms with Gasteiger partial charge in [0.1, 0.15) is 12.1 Å². The van der Waals surface area contributed by atoms with Gasteiger partial charge in [-0.15, -0.1) is 0 Å². The van der Waals surface area contributed by atoms with E-state index in [4.69, 9.17) is 4.42 Å². The van der Waals surface area contributed by atoms with E-state index in [1.54, 1.807) is 18.4 Å². The second-order valence-corrected chi connectivity index (χ2v) is 7.03. The fraction of sp³-hybridized carbons (Fsp3) is 0.526. The largest absolute Gasteiger partial charge is 0.444 e. The topological polar surface area (TPSA) is 41.3 Å². The van der Waals surface area contributed by atoms with Gasteiger partial charge in [0.25, 0.3) is 0 Å². The van der Waals surface area contributed by atoms with Crippen LogP contribution in [0.25, 0.3) is 11.5 Å². The molecule has 0 amide bonds. The number of hydrogen-bond acceptors (Lipinski definition) is 4. The van der Waals surface area contributed by atoms with E-state index in [1.807, 2.05) is 0 Å². The first kappa shape index (κ1) is 15.8. The van der Waals surface area contributed by atoms with Crippen LogP contribution in [0.1, 0.15) is 37.8 Å². The Hall–Kier alpha value is -1.72. The van der Waals surface area contributed by atoms with E-state index in [9.17, 15) is 4.39 Å². The molecule has 0 bridgehead atoms. The van der Waals surface area contributed by atoms with E-state index >= 15 is 0 Å². The predicted molar refractivity (Wildman–Crippen MR) is 91.0 cm³/mol. The smallest absolute Gasteiger partial charge is 0.226 e. The third-order valence-corrected chi connectivity index (χ3v) is 5.46. The average Bonchev–Trinajstić information content (AvgIpc) is 3.07. The number of nitrogens with zero attached hydrogens (tertiary/aromatic N) is 2. The fourth-order valence-electron chi connectivity index (χ4n) is 4.13. The quantitative estimate of drug-likeness (QED) is 0.934. The second-order valence-electron chi connectivity index (χ2n) is 7.03. The lowest BCUT2D eigenvalue weighted by atomic mass is 9.79. The monoisotopic (exact) mass is 329 g/mol. The molecular formula is C19H24FN3O. The summed E-state index contributed by atoms with van der Waals surface area (Å²) in [6, 6.07) is 6.29. The van der Waals surface area contributed by atoms with Gasteiger partial charge in [-0.05, 0) is 37.1 Å². The Morgan fingerprint density at radius 3 is 2.75 bits per heavy atom.